The molecule has 0 unspecified atom stereocenters. The normalized spacial score (nSPS) is 17.3. The van der Waals surface area contributed by atoms with Gasteiger partial charge in [-0.1, -0.05) is 0 Å². The molecule has 1 saturated heterocycles. The van der Waals surface area contributed by atoms with Crippen molar-refractivity contribution in [1.29, 1.82) is 0 Å². The molecule has 27 heavy (non-hydrogen) atoms. The van der Waals surface area contributed by atoms with Crippen LogP contribution in [-0.4, -0.2) is 68.8 Å². The number of rotatable bonds is 9. The van der Waals surface area contributed by atoms with Gasteiger partial charge in [-0.2, -0.15) is 0 Å². The summed E-state index contributed by atoms with van der Waals surface area (Å²) >= 11 is 0. The quantitative estimate of drug-likeness (QED) is 0.425. The van der Waals surface area contributed by atoms with E-state index in [1.54, 1.807) is 18.2 Å². The molecule has 2 fully saturated rings. The first-order valence-electron chi connectivity index (χ1n) is 9.52. The van der Waals surface area contributed by atoms with Crippen molar-refractivity contribution in [2.24, 2.45) is 0 Å². The first kappa shape index (κ1) is 19.4. The Morgan fingerprint density at radius 1 is 1.26 bits per heavy atom. The fraction of sp³-hybridized carbons (Fsp3) is 0.579. The van der Waals surface area contributed by atoms with Crippen LogP contribution in [0.25, 0.3) is 0 Å². The Bertz CT molecular complexity index is 657. The monoisotopic (exact) mass is 376 g/mol. The molecule has 0 bridgehead atoms. The van der Waals surface area contributed by atoms with Crippen molar-refractivity contribution in [3.05, 3.63) is 23.8 Å². The summed E-state index contributed by atoms with van der Waals surface area (Å²) in [6.07, 6.45) is 2.92. The molecule has 2 amide bonds. The highest BCUT2D eigenvalue weighted by molar-refractivity contribution is 6.01. The summed E-state index contributed by atoms with van der Waals surface area (Å²) in [5.74, 6) is 0.0379. The van der Waals surface area contributed by atoms with E-state index < -0.39 is 0 Å². The average Bonchev–Trinajstić information content (AvgIpc) is 3.49. The van der Waals surface area contributed by atoms with Gasteiger partial charge < -0.3 is 25.8 Å². The van der Waals surface area contributed by atoms with Crippen LogP contribution >= 0.6 is 0 Å². The lowest BCUT2D eigenvalue weighted by molar-refractivity contribution is -0.120. The molecule has 1 aromatic rings. The predicted molar refractivity (Wildman–Crippen MR) is 102 cm³/mol. The van der Waals surface area contributed by atoms with Gasteiger partial charge in [0.25, 0.3) is 5.91 Å². The van der Waals surface area contributed by atoms with Crippen molar-refractivity contribution in [2.75, 3.05) is 51.7 Å². The molecular formula is C19H28N4O4. The van der Waals surface area contributed by atoms with Gasteiger partial charge in [0, 0.05) is 31.4 Å². The number of nitrogen functional groups attached to an aromatic ring is 1. The van der Waals surface area contributed by atoms with E-state index in [0.29, 0.717) is 23.6 Å². The van der Waals surface area contributed by atoms with Gasteiger partial charge in [0.15, 0.2) is 0 Å². The molecule has 1 aromatic carbocycles. The van der Waals surface area contributed by atoms with Crippen molar-refractivity contribution >= 4 is 17.5 Å². The molecule has 1 heterocycles. The molecule has 2 aliphatic rings. The minimum Gasteiger partial charge on any atom is -0.494 e. The van der Waals surface area contributed by atoms with Gasteiger partial charge in [-0.3, -0.25) is 14.5 Å². The first-order valence-corrected chi connectivity index (χ1v) is 9.52. The standard InChI is InChI=1S/C19H28N4O4/c20-17-5-4-15(27-9-1-6-23-7-10-26-11-8-23)12-16(17)19(25)21-13-18(24)22-14-2-3-14/h4-5,12,14H,1-3,6-11,13,20H2,(H,21,25)(H,22,24). The van der Waals surface area contributed by atoms with E-state index in [0.717, 1.165) is 52.1 Å². The van der Waals surface area contributed by atoms with Crippen molar-refractivity contribution in [2.45, 2.75) is 25.3 Å². The van der Waals surface area contributed by atoms with Crippen LogP contribution in [0.5, 0.6) is 5.75 Å². The Kier molecular flexibility index (Phi) is 6.89. The lowest BCUT2D eigenvalue weighted by Crippen LogP contribution is -2.38. The Labute approximate surface area is 159 Å². The summed E-state index contributed by atoms with van der Waals surface area (Å²) in [5.41, 5.74) is 6.58. The fourth-order valence-corrected chi connectivity index (χ4v) is 2.89. The summed E-state index contributed by atoms with van der Waals surface area (Å²) in [4.78, 5) is 26.4. The molecule has 8 nitrogen and oxygen atoms in total. The number of nitrogens with two attached hydrogens (primary N) is 1. The molecule has 0 atom stereocenters. The highest BCUT2D eigenvalue weighted by Gasteiger charge is 2.23. The zero-order chi connectivity index (χ0) is 19.1. The molecular weight excluding hydrogens is 348 g/mol. The van der Waals surface area contributed by atoms with Crippen molar-refractivity contribution in [3.8, 4) is 5.75 Å². The average molecular weight is 376 g/mol. The van der Waals surface area contributed by atoms with E-state index in [-0.39, 0.29) is 24.4 Å². The van der Waals surface area contributed by atoms with Gasteiger partial charge in [0.05, 0.1) is 31.9 Å². The van der Waals surface area contributed by atoms with Gasteiger partial charge in [-0.25, -0.2) is 0 Å². The largest absolute Gasteiger partial charge is 0.494 e. The molecule has 0 aromatic heterocycles. The number of amides is 2. The number of hydrogen-bond donors (Lipinski definition) is 3. The van der Waals surface area contributed by atoms with Crippen molar-refractivity contribution in [3.63, 3.8) is 0 Å². The maximum absolute atomic E-state index is 12.3. The van der Waals surface area contributed by atoms with Crippen LogP contribution in [0.1, 0.15) is 29.6 Å². The summed E-state index contributed by atoms with van der Waals surface area (Å²) in [6.45, 7) is 4.96. The third-order valence-electron chi connectivity index (χ3n) is 4.61. The number of hydrogen-bond acceptors (Lipinski definition) is 6. The number of nitrogens with zero attached hydrogens (tertiary/aromatic N) is 1. The maximum Gasteiger partial charge on any atom is 0.253 e. The van der Waals surface area contributed by atoms with E-state index in [1.165, 1.54) is 0 Å². The van der Waals surface area contributed by atoms with Gasteiger partial charge in [0.2, 0.25) is 5.91 Å². The second-order valence-corrected chi connectivity index (χ2v) is 6.93. The third-order valence-corrected chi connectivity index (χ3v) is 4.61. The van der Waals surface area contributed by atoms with Crippen LogP contribution < -0.4 is 21.1 Å². The minimum atomic E-state index is -0.378. The Morgan fingerprint density at radius 3 is 2.78 bits per heavy atom. The molecule has 3 rings (SSSR count). The molecule has 4 N–H and O–H groups in total. The smallest absolute Gasteiger partial charge is 0.253 e. The van der Waals surface area contributed by atoms with Crippen LogP contribution in [-0.2, 0) is 9.53 Å². The van der Waals surface area contributed by atoms with Crippen LogP contribution in [0.3, 0.4) is 0 Å². The lowest BCUT2D eigenvalue weighted by atomic mass is 10.1. The second kappa shape index (κ2) is 9.57. The number of anilines is 1. The number of benzene rings is 1. The Morgan fingerprint density at radius 2 is 2.04 bits per heavy atom. The second-order valence-electron chi connectivity index (χ2n) is 6.93. The third kappa shape index (κ3) is 6.41. The van der Waals surface area contributed by atoms with E-state index in [4.69, 9.17) is 15.2 Å². The topological polar surface area (TPSA) is 106 Å². The Balaban J connectivity index is 1.43. The zero-order valence-electron chi connectivity index (χ0n) is 15.5. The molecule has 0 spiro atoms. The highest BCUT2D eigenvalue weighted by atomic mass is 16.5. The number of carbonyl (C=O) groups excluding carboxylic acids is 2. The van der Waals surface area contributed by atoms with Crippen LogP contribution in [0.4, 0.5) is 5.69 Å². The number of morpholine rings is 1. The molecule has 0 radical (unpaired) electrons. The van der Waals surface area contributed by atoms with Crippen LogP contribution in [0, 0.1) is 0 Å². The number of ether oxygens (including phenoxy) is 2. The molecule has 148 valence electrons. The molecule has 1 aliphatic carbocycles. The highest BCUT2D eigenvalue weighted by Crippen LogP contribution is 2.20. The van der Waals surface area contributed by atoms with Crippen molar-refractivity contribution < 1.29 is 19.1 Å². The minimum absolute atomic E-state index is 0.0561. The van der Waals surface area contributed by atoms with E-state index in [1.807, 2.05) is 0 Å². The van der Waals surface area contributed by atoms with Crippen LogP contribution in [0.15, 0.2) is 18.2 Å². The predicted octanol–water partition coefficient (Wildman–Crippen LogP) is 0.378. The van der Waals surface area contributed by atoms with E-state index in [2.05, 4.69) is 15.5 Å². The summed E-state index contributed by atoms with van der Waals surface area (Å²) < 4.78 is 11.1. The lowest BCUT2D eigenvalue weighted by Gasteiger charge is -2.26. The maximum atomic E-state index is 12.3. The first-order chi connectivity index (χ1) is 13.1. The Hall–Kier alpha value is -2.32. The van der Waals surface area contributed by atoms with Gasteiger partial charge >= 0.3 is 0 Å². The van der Waals surface area contributed by atoms with Gasteiger partial charge in [-0.15, -0.1) is 0 Å². The molecule has 1 aliphatic heterocycles. The molecule has 1 saturated carbocycles. The van der Waals surface area contributed by atoms with Gasteiger partial charge in [0.1, 0.15) is 5.75 Å². The summed E-state index contributed by atoms with van der Waals surface area (Å²) in [7, 11) is 0. The number of carbonyl (C=O) groups is 2. The fourth-order valence-electron chi connectivity index (χ4n) is 2.89. The zero-order valence-corrected chi connectivity index (χ0v) is 15.5. The van der Waals surface area contributed by atoms with Crippen molar-refractivity contribution in [1.82, 2.24) is 15.5 Å². The van der Waals surface area contributed by atoms with Crippen LogP contribution in [0.2, 0.25) is 0 Å². The summed E-state index contributed by atoms with van der Waals surface area (Å²) in [5, 5.41) is 5.43. The van der Waals surface area contributed by atoms with E-state index >= 15 is 0 Å². The van der Waals surface area contributed by atoms with E-state index in [9.17, 15) is 9.59 Å². The SMILES string of the molecule is Nc1ccc(OCCCN2CCOCC2)cc1C(=O)NCC(=O)NC1CC1. The van der Waals surface area contributed by atoms with Gasteiger partial charge in [-0.05, 0) is 37.5 Å². The molecule has 8 heteroatoms. The number of nitrogens with one attached hydrogen (secondary N) is 2. The summed E-state index contributed by atoms with van der Waals surface area (Å²) in [6, 6.07) is 5.30.